The summed E-state index contributed by atoms with van der Waals surface area (Å²) in [7, 11) is 0. The number of para-hydroxylation sites is 1. The van der Waals surface area contributed by atoms with E-state index in [0.717, 1.165) is 48.2 Å². The molecule has 142 valence electrons. The van der Waals surface area contributed by atoms with E-state index in [9.17, 15) is 4.79 Å². The highest BCUT2D eigenvalue weighted by Gasteiger charge is 2.19. The summed E-state index contributed by atoms with van der Waals surface area (Å²) >= 11 is 0. The molecule has 0 saturated heterocycles. The van der Waals surface area contributed by atoms with Gasteiger partial charge in [0.1, 0.15) is 5.82 Å². The van der Waals surface area contributed by atoms with Crippen molar-refractivity contribution < 1.29 is 4.79 Å². The van der Waals surface area contributed by atoms with Gasteiger partial charge in [-0.05, 0) is 30.5 Å². The predicted molar refractivity (Wildman–Crippen MR) is 115 cm³/mol. The second kappa shape index (κ2) is 8.26. The van der Waals surface area contributed by atoms with E-state index in [0.29, 0.717) is 5.56 Å². The van der Waals surface area contributed by atoms with E-state index in [1.807, 2.05) is 48.5 Å². The van der Waals surface area contributed by atoms with Crippen molar-refractivity contribution in [2.24, 2.45) is 0 Å². The molecule has 3 aromatic rings. The maximum atomic E-state index is 13.3. The van der Waals surface area contributed by atoms with Crippen LogP contribution in [0.15, 0.2) is 72.8 Å². The molecule has 0 saturated carbocycles. The van der Waals surface area contributed by atoms with Gasteiger partial charge in [-0.2, -0.15) is 0 Å². The fourth-order valence-electron chi connectivity index (χ4n) is 3.70. The van der Waals surface area contributed by atoms with Gasteiger partial charge in [0.05, 0.1) is 17.1 Å². The van der Waals surface area contributed by atoms with Gasteiger partial charge in [-0.3, -0.25) is 4.79 Å². The molecular formula is C24H25N3O. The number of benzene rings is 2. The van der Waals surface area contributed by atoms with Crippen LogP contribution in [0.2, 0.25) is 0 Å². The Labute approximate surface area is 165 Å². The van der Waals surface area contributed by atoms with Crippen LogP contribution in [0.1, 0.15) is 41.7 Å². The van der Waals surface area contributed by atoms with E-state index in [2.05, 4.69) is 41.4 Å². The van der Waals surface area contributed by atoms with Gasteiger partial charge in [-0.25, -0.2) is 4.98 Å². The molecule has 2 heterocycles. The number of hydrogen-bond acceptors (Lipinski definition) is 3. The SMILES string of the molecule is CC[C@H](NC(=O)c1cc(N2CC=CCC2)nc2ccccc12)c1ccccc1. The predicted octanol–water partition coefficient (Wildman–Crippen LogP) is 4.88. The molecule has 4 heteroatoms. The summed E-state index contributed by atoms with van der Waals surface area (Å²) in [5.41, 5.74) is 2.66. The summed E-state index contributed by atoms with van der Waals surface area (Å²) < 4.78 is 0. The summed E-state index contributed by atoms with van der Waals surface area (Å²) in [6.45, 7) is 3.84. The van der Waals surface area contributed by atoms with Crippen molar-refractivity contribution >= 4 is 22.6 Å². The van der Waals surface area contributed by atoms with Gasteiger partial charge in [-0.15, -0.1) is 0 Å². The number of pyridine rings is 1. The third-order valence-corrected chi connectivity index (χ3v) is 5.24. The van der Waals surface area contributed by atoms with Gasteiger partial charge in [0, 0.05) is 18.5 Å². The number of hydrogen-bond donors (Lipinski definition) is 1. The fourth-order valence-corrected chi connectivity index (χ4v) is 3.70. The third-order valence-electron chi connectivity index (χ3n) is 5.24. The van der Waals surface area contributed by atoms with Crippen molar-refractivity contribution in [3.05, 3.63) is 83.9 Å². The van der Waals surface area contributed by atoms with E-state index in [4.69, 9.17) is 4.98 Å². The topological polar surface area (TPSA) is 45.2 Å². The van der Waals surface area contributed by atoms with Crippen LogP contribution < -0.4 is 10.2 Å². The lowest BCUT2D eigenvalue weighted by Crippen LogP contribution is -2.30. The maximum Gasteiger partial charge on any atom is 0.252 e. The number of carbonyl (C=O) groups excluding carboxylic acids is 1. The van der Waals surface area contributed by atoms with Gasteiger partial charge < -0.3 is 10.2 Å². The molecule has 0 unspecified atom stereocenters. The van der Waals surface area contributed by atoms with Crippen LogP contribution in [-0.4, -0.2) is 24.0 Å². The Bertz CT molecular complexity index is 997. The zero-order chi connectivity index (χ0) is 19.3. The molecule has 1 N–H and O–H groups in total. The lowest BCUT2D eigenvalue weighted by atomic mass is 10.0. The normalized spacial score (nSPS) is 14.8. The Kier molecular flexibility index (Phi) is 5.38. The van der Waals surface area contributed by atoms with Crippen LogP contribution in [-0.2, 0) is 0 Å². The van der Waals surface area contributed by atoms with Crippen LogP contribution >= 0.6 is 0 Å². The number of fused-ring (bicyclic) bond motifs is 1. The van der Waals surface area contributed by atoms with Crippen LogP contribution in [0.4, 0.5) is 5.82 Å². The molecule has 28 heavy (non-hydrogen) atoms. The molecule has 0 spiro atoms. The van der Waals surface area contributed by atoms with Crippen LogP contribution in [0.5, 0.6) is 0 Å². The first-order chi connectivity index (χ1) is 13.8. The number of anilines is 1. The first-order valence-electron chi connectivity index (χ1n) is 9.92. The molecule has 0 aliphatic carbocycles. The standard InChI is InChI=1S/C24H25N3O/c1-2-21(18-11-5-3-6-12-18)26-24(28)20-17-23(27-15-9-4-10-16-27)25-22-14-8-7-13-19(20)22/h3-9,11-14,17,21H,2,10,15-16H2,1H3,(H,26,28)/t21-/m0/s1. The molecule has 1 aliphatic heterocycles. The van der Waals surface area contributed by atoms with Gasteiger partial charge in [0.2, 0.25) is 0 Å². The van der Waals surface area contributed by atoms with E-state index < -0.39 is 0 Å². The van der Waals surface area contributed by atoms with Crippen LogP contribution in [0.25, 0.3) is 10.9 Å². The minimum absolute atomic E-state index is 0.0120. The molecular weight excluding hydrogens is 346 g/mol. The number of nitrogens with one attached hydrogen (secondary N) is 1. The van der Waals surface area contributed by atoms with Crippen molar-refractivity contribution in [3.8, 4) is 0 Å². The molecule has 2 aromatic carbocycles. The Morgan fingerprint density at radius 3 is 2.64 bits per heavy atom. The van der Waals surface area contributed by atoms with Crippen molar-refractivity contribution in [1.29, 1.82) is 0 Å². The third kappa shape index (κ3) is 3.77. The molecule has 0 bridgehead atoms. The highest BCUT2D eigenvalue weighted by Crippen LogP contribution is 2.25. The smallest absolute Gasteiger partial charge is 0.252 e. The lowest BCUT2D eigenvalue weighted by molar-refractivity contribution is 0.0937. The fraction of sp³-hybridized carbons (Fsp3) is 0.250. The second-order valence-corrected chi connectivity index (χ2v) is 7.10. The number of rotatable bonds is 5. The van der Waals surface area contributed by atoms with Gasteiger partial charge >= 0.3 is 0 Å². The monoisotopic (exact) mass is 371 g/mol. The molecule has 1 aliphatic rings. The first kappa shape index (κ1) is 18.2. The second-order valence-electron chi connectivity index (χ2n) is 7.10. The molecule has 1 atom stereocenters. The van der Waals surface area contributed by atoms with E-state index in [1.165, 1.54) is 0 Å². The van der Waals surface area contributed by atoms with Crippen molar-refractivity contribution in [2.45, 2.75) is 25.8 Å². The van der Waals surface area contributed by atoms with Gasteiger partial charge in [0.15, 0.2) is 0 Å². The van der Waals surface area contributed by atoms with E-state index in [-0.39, 0.29) is 11.9 Å². The molecule has 0 fully saturated rings. The van der Waals surface area contributed by atoms with Crippen molar-refractivity contribution in [3.63, 3.8) is 0 Å². The van der Waals surface area contributed by atoms with Crippen LogP contribution in [0.3, 0.4) is 0 Å². The summed E-state index contributed by atoms with van der Waals surface area (Å²) in [5, 5.41) is 4.11. The minimum atomic E-state index is -0.0527. The van der Waals surface area contributed by atoms with Crippen LogP contribution in [0, 0.1) is 0 Å². The number of carbonyl (C=O) groups is 1. The summed E-state index contributed by atoms with van der Waals surface area (Å²) in [6, 6.07) is 19.9. The Morgan fingerprint density at radius 2 is 1.89 bits per heavy atom. The number of nitrogens with zero attached hydrogens (tertiary/aromatic N) is 2. The zero-order valence-electron chi connectivity index (χ0n) is 16.1. The quantitative estimate of drug-likeness (QED) is 0.650. The number of aromatic nitrogens is 1. The zero-order valence-corrected chi connectivity index (χ0v) is 16.1. The van der Waals surface area contributed by atoms with Gasteiger partial charge in [0.25, 0.3) is 5.91 Å². The Morgan fingerprint density at radius 1 is 1.11 bits per heavy atom. The van der Waals surface area contributed by atoms with Gasteiger partial charge in [-0.1, -0.05) is 67.6 Å². The maximum absolute atomic E-state index is 13.3. The molecule has 1 amide bonds. The average Bonchev–Trinajstić information content (AvgIpc) is 2.77. The Balaban J connectivity index is 1.70. The average molecular weight is 371 g/mol. The summed E-state index contributed by atoms with van der Waals surface area (Å²) in [4.78, 5) is 20.3. The van der Waals surface area contributed by atoms with Crippen molar-refractivity contribution in [2.75, 3.05) is 18.0 Å². The largest absolute Gasteiger partial charge is 0.353 e. The first-order valence-corrected chi connectivity index (χ1v) is 9.92. The van der Waals surface area contributed by atoms with E-state index in [1.54, 1.807) is 0 Å². The molecule has 0 radical (unpaired) electrons. The Hall–Kier alpha value is -3.14. The van der Waals surface area contributed by atoms with Crippen molar-refractivity contribution in [1.82, 2.24) is 10.3 Å². The summed E-state index contributed by atoms with van der Waals surface area (Å²) in [5.74, 6) is 0.809. The summed E-state index contributed by atoms with van der Waals surface area (Å²) in [6.07, 6.45) is 6.18. The van der Waals surface area contributed by atoms with E-state index >= 15 is 0 Å². The molecule has 4 rings (SSSR count). The number of amides is 1. The molecule has 4 nitrogen and oxygen atoms in total. The minimum Gasteiger partial charge on any atom is -0.353 e. The highest BCUT2D eigenvalue weighted by atomic mass is 16.1. The highest BCUT2D eigenvalue weighted by molar-refractivity contribution is 6.07. The lowest BCUT2D eigenvalue weighted by Gasteiger charge is -2.25. The molecule has 1 aromatic heterocycles.